The Kier molecular flexibility index (Phi) is 3.66. The van der Waals surface area contributed by atoms with E-state index in [1.54, 1.807) is 0 Å². The van der Waals surface area contributed by atoms with E-state index in [0.29, 0.717) is 12.1 Å². The van der Waals surface area contributed by atoms with Crippen molar-refractivity contribution in [2.24, 2.45) is 17.6 Å². The second-order valence-corrected chi connectivity index (χ2v) is 6.20. The van der Waals surface area contributed by atoms with Crippen LogP contribution in [0.25, 0.3) is 0 Å². The molecule has 0 saturated heterocycles. The number of urea groups is 1. The van der Waals surface area contributed by atoms with Crippen LogP contribution in [-0.4, -0.2) is 12.1 Å². The van der Waals surface area contributed by atoms with Gasteiger partial charge in [-0.15, -0.1) is 0 Å². The molecule has 2 fully saturated rings. The maximum absolute atomic E-state index is 10.8. The van der Waals surface area contributed by atoms with Crippen LogP contribution in [0.2, 0.25) is 0 Å². The lowest BCUT2D eigenvalue weighted by Gasteiger charge is -2.23. The smallest absolute Gasteiger partial charge is 0.316 e. The van der Waals surface area contributed by atoms with Gasteiger partial charge in [-0.05, 0) is 62.1 Å². The Balaban J connectivity index is 1.60. The summed E-state index contributed by atoms with van der Waals surface area (Å²) in [4.78, 5) is 10.8. The van der Waals surface area contributed by atoms with Gasteiger partial charge in [-0.2, -0.15) is 0 Å². The van der Waals surface area contributed by atoms with Crippen LogP contribution in [0.5, 0.6) is 0 Å². The van der Waals surface area contributed by atoms with E-state index >= 15 is 0 Å². The lowest BCUT2D eigenvalue weighted by molar-refractivity contribution is 0.259. The SMILES string of the molecule is CC(NC(C1CC1)C1CC1)c1ccc(NC(N)=O)cc1. The van der Waals surface area contributed by atoms with Crippen LogP contribution in [-0.2, 0) is 0 Å². The molecule has 4 N–H and O–H groups in total. The van der Waals surface area contributed by atoms with Gasteiger partial charge in [0.2, 0.25) is 0 Å². The summed E-state index contributed by atoms with van der Waals surface area (Å²) in [6, 6.07) is 8.45. The molecule has 0 aromatic heterocycles. The van der Waals surface area contributed by atoms with E-state index in [2.05, 4.69) is 29.7 Å². The minimum absolute atomic E-state index is 0.351. The van der Waals surface area contributed by atoms with Crippen molar-refractivity contribution < 1.29 is 4.79 Å². The number of carbonyl (C=O) groups is 1. The average molecular weight is 273 g/mol. The Bertz CT molecular complexity index is 465. The molecule has 108 valence electrons. The van der Waals surface area contributed by atoms with Gasteiger partial charge in [-0.1, -0.05) is 12.1 Å². The van der Waals surface area contributed by atoms with Gasteiger partial charge in [0.1, 0.15) is 0 Å². The number of benzene rings is 1. The van der Waals surface area contributed by atoms with Crippen molar-refractivity contribution in [2.45, 2.75) is 44.7 Å². The summed E-state index contributed by atoms with van der Waals surface area (Å²) in [5.41, 5.74) is 7.11. The number of nitrogens with one attached hydrogen (secondary N) is 2. The Labute approximate surface area is 120 Å². The zero-order valence-corrected chi connectivity index (χ0v) is 11.9. The highest BCUT2D eigenvalue weighted by atomic mass is 16.2. The van der Waals surface area contributed by atoms with E-state index < -0.39 is 6.03 Å². The second kappa shape index (κ2) is 5.44. The zero-order chi connectivity index (χ0) is 14.1. The molecule has 0 spiro atoms. The third-order valence-electron chi connectivity index (χ3n) is 4.38. The van der Waals surface area contributed by atoms with Crippen molar-refractivity contribution in [1.82, 2.24) is 5.32 Å². The molecule has 2 aliphatic carbocycles. The Morgan fingerprint density at radius 2 is 1.70 bits per heavy atom. The van der Waals surface area contributed by atoms with E-state index in [4.69, 9.17) is 5.73 Å². The molecule has 1 unspecified atom stereocenters. The monoisotopic (exact) mass is 273 g/mol. The Hall–Kier alpha value is -1.55. The molecule has 2 aliphatic rings. The fraction of sp³-hybridized carbons (Fsp3) is 0.562. The maximum Gasteiger partial charge on any atom is 0.316 e. The lowest BCUT2D eigenvalue weighted by atomic mass is 10.0. The van der Waals surface area contributed by atoms with Crippen LogP contribution in [0.4, 0.5) is 10.5 Å². The number of rotatable bonds is 6. The number of hydrogen-bond acceptors (Lipinski definition) is 2. The van der Waals surface area contributed by atoms with E-state index in [-0.39, 0.29) is 0 Å². The van der Waals surface area contributed by atoms with E-state index in [1.807, 2.05) is 12.1 Å². The van der Waals surface area contributed by atoms with Gasteiger partial charge < -0.3 is 16.4 Å². The van der Waals surface area contributed by atoms with Gasteiger partial charge in [-0.3, -0.25) is 0 Å². The first-order valence-corrected chi connectivity index (χ1v) is 7.56. The highest BCUT2D eigenvalue weighted by molar-refractivity contribution is 5.87. The number of anilines is 1. The molecular formula is C16H23N3O. The van der Waals surface area contributed by atoms with E-state index in [1.165, 1.54) is 31.2 Å². The van der Waals surface area contributed by atoms with Crippen LogP contribution in [0.3, 0.4) is 0 Å². The number of hydrogen-bond donors (Lipinski definition) is 3. The van der Waals surface area contributed by atoms with Gasteiger partial charge in [0.25, 0.3) is 0 Å². The van der Waals surface area contributed by atoms with Crippen LogP contribution in [0.15, 0.2) is 24.3 Å². The molecule has 0 aliphatic heterocycles. The fourth-order valence-electron chi connectivity index (χ4n) is 2.95. The molecule has 0 radical (unpaired) electrons. The minimum atomic E-state index is -0.522. The summed E-state index contributed by atoms with van der Waals surface area (Å²) >= 11 is 0. The highest BCUT2D eigenvalue weighted by Gasteiger charge is 2.41. The summed E-state index contributed by atoms with van der Waals surface area (Å²) in [7, 11) is 0. The van der Waals surface area contributed by atoms with E-state index in [0.717, 1.165) is 17.5 Å². The molecule has 2 amide bonds. The third kappa shape index (κ3) is 3.31. The molecule has 1 aromatic rings. The number of nitrogens with two attached hydrogens (primary N) is 1. The van der Waals surface area contributed by atoms with Crippen molar-refractivity contribution in [3.05, 3.63) is 29.8 Å². The van der Waals surface area contributed by atoms with Gasteiger partial charge in [0, 0.05) is 17.8 Å². The largest absolute Gasteiger partial charge is 0.351 e. The van der Waals surface area contributed by atoms with Gasteiger partial charge in [0.15, 0.2) is 0 Å². The first kappa shape index (κ1) is 13.4. The molecule has 1 atom stereocenters. The summed E-state index contributed by atoms with van der Waals surface area (Å²) in [5, 5.41) is 6.39. The van der Waals surface area contributed by atoms with Gasteiger partial charge in [-0.25, -0.2) is 4.79 Å². The molecule has 4 heteroatoms. The summed E-state index contributed by atoms with van der Waals surface area (Å²) < 4.78 is 0. The summed E-state index contributed by atoms with van der Waals surface area (Å²) in [6.07, 6.45) is 5.56. The van der Waals surface area contributed by atoms with E-state index in [9.17, 15) is 4.79 Å². The summed E-state index contributed by atoms with van der Waals surface area (Å²) in [5.74, 6) is 1.81. The van der Waals surface area contributed by atoms with Crippen LogP contribution in [0, 0.1) is 11.8 Å². The van der Waals surface area contributed by atoms with Crippen LogP contribution in [0.1, 0.15) is 44.2 Å². The first-order chi connectivity index (χ1) is 9.63. The van der Waals surface area contributed by atoms with Crippen molar-refractivity contribution in [3.63, 3.8) is 0 Å². The topological polar surface area (TPSA) is 67.2 Å². The van der Waals surface area contributed by atoms with Crippen molar-refractivity contribution in [3.8, 4) is 0 Å². The molecule has 0 heterocycles. The molecule has 3 rings (SSSR count). The zero-order valence-electron chi connectivity index (χ0n) is 11.9. The Morgan fingerprint density at radius 1 is 1.15 bits per heavy atom. The highest BCUT2D eigenvalue weighted by Crippen LogP contribution is 2.45. The maximum atomic E-state index is 10.8. The van der Waals surface area contributed by atoms with Crippen molar-refractivity contribution in [1.29, 1.82) is 0 Å². The van der Waals surface area contributed by atoms with Crippen LogP contribution >= 0.6 is 0 Å². The quantitative estimate of drug-likeness (QED) is 0.746. The number of carbonyl (C=O) groups excluding carboxylic acids is 1. The Morgan fingerprint density at radius 3 is 2.15 bits per heavy atom. The molecule has 20 heavy (non-hydrogen) atoms. The van der Waals surface area contributed by atoms with Gasteiger partial charge >= 0.3 is 6.03 Å². The van der Waals surface area contributed by atoms with Crippen molar-refractivity contribution >= 4 is 11.7 Å². The standard InChI is InChI=1S/C16H23N3O/c1-10(18-15(12-2-3-12)13-4-5-13)11-6-8-14(9-7-11)19-16(17)20/h6-10,12-13,15,18H,2-5H2,1H3,(H3,17,19,20). The normalized spacial score (nSPS) is 19.9. The molecular weight excluding hydrogens is 250 g/mol. The molecule has 2 saturated carbocycles. The second-order valence-electron chi connectivity index (χ2n) is 6.20. The number of primary amides is 1. The third-order valence-corrected chi connectivity index (χ3v) is 4.38. The first-order valence-electron chi connectivity index (χ1n) is 7.56. The average Bonchev–Trinajstić information content (AvgIpc) is 3.28. The predicted molar refractivity (Wildman–Crippen MR) is 80.4 cm³/mol. The molecule has 0 bridgehead atoms. The summed E-state index contributed by atoms with van der Waals surface area (Å²) in [6.45, 7) is 2.22. The van der Waals surface area contributed by atoms with Crippen molar-refractivity contribution in [2.75, 3.05) is 5.32 Å². The van der Waals surface area contributed by atoms with Crippen LogP contribution < -0.4 is 16.4 Å². The molecule has 4 nitrogen and oxygen atoms in total. The molecule has 1 aromatic carbocycles. The van der Waals surface area contributed by atoms with Gasteiger partial charge in [0.05, 0.1) is 0 Å². The minimum Gasteiger partial charge on any atom is -0.351 e. The lowest BCUT2D eigenvalue weighted by Crippen LogP contribution is -2.35. The predicted octanol–water partition coefficient (Wildman–Crippen LogP) is 3.02. The number of amides is 2. The fourth-order valence-corrected chi connectivity index (χ4v) is 2.95.